The fourth-order valence-electron chi connectivity index (χ4n) is 7.24. The molecule has 0 radical (unpaired) electrons. The molecular weight excluding hydrogens is 685 g/mol. The molecule has 9 atom stereocenters. The zero-order chi connectivity index (χ0) is 36.7. The number of ether oxygens (including phenoxy) is 5. The average Bonchev–Trinajstić information content (AvgIpc) is 3.97. The van der Waals surface area contributed by atoms with Crippen LogP contribution in [0.25, 0.3) is 11.1 Å². The summed E-state index contributed by atoms with van der Waals surface area (Å²) in [6, 6.07) is 15.0. The van der Waals surface area contributed by atoms with E-state index in [9.17, 15) is 18.9 Å². The van der Waals surface area contributed by atoms with Gasteiger partial charge in [-0.2, -0.15) is 0 Å². The molecule has 11 nitrogen and oxygen atoms in total. The summed E-state index contributed by atoms with van der Waals surface area (Å²) in [4.78, 5) is 40.1. The Hall–Kier alpha value is -3.50. The van der Waals surface area contributed by atoms with Crippen molar-refractivity contribution in [3.63, 3.8) is 0 Å². The predicted octanol–water partition coefficient (Wildman–Crippen LogP) is 6.04. The van der Waals surface area contributed by atoms with Gasteiger partial charge in [0.2, 0.25) is 6.29 Å². The number of benzene rings is 2. The molecule has 2 saturated heterocycles. The Labute approximate surface area is 306 Å². The van der Waals surface area contributed by atoms with E-state index in [1.165, 1.54) is 0 Å². The lowest BCUT2D eigenvalue weighted by Crippen LogP contribution is -2.45. The van der Waals surface area contributed by atoms with Gasteiger partial charge in [-0.3, -0.25) is 18.9 Å². The second-order valence-electron chi connectivity index (χ2n) is 14.4. The standard InChI is InChI=1S/C40H52NO10P/c1-4-41-19-9-12-31-33(40(44)50-38-17-20-46-38)22-28(16-15-26(2)27(3)39(43)48-25-29-24-47-29)23-35(31)49-37(42)18-21-52(45)36-14-8-6-11-32(36)30-10-5-7-13-34(30)51-52/h5-8,10-11,13-16,26-29,31,33,35,38,41H,4,9,12,17-25H2,1-3H3. The Balaban J connectivity index is 1.17. The number of hydrogen-bond acceptors (Lipinski definition) is 11. The van der Waals surface area contributed by atoms with Gasteiger partial charge in [-0.25, -0.2) is 0 Å². The van der Waals surface area contributed by atoms with E-state index >= 15 is 0 Å². The molecule has 0 aromatic heterocycles. The molecule has 0 amide bonds. The third kappa shape index (κ3) is 9.53. The highest BCUT2D eigenvalue weighted by Gasteiger charge is 2.45. The van der Waals surface area contributed by atoms with Crippen LogP contribution in [0.3, 0.4) is 0 Å². The predicted molar refractivity (Wildman–Crippen MR) is 195 cm³/mol. The third-order valence-corrected chi connectivity index (χ3v) is 13.1. The molecule has 3 aliphatic heterocycles. The molecule has 2 aromatic rings. The van der Waals surface area contributed by atoms with E-state index in [0.717, 1.165) is 30.6 Å². The number of rotatable bonds is 17. The van der Waals surface area contributed by atoms with E-state index < -0.39 is 31.7 Å². The molecule has 3 heterocycles. The number of epoxide rings is 1. The fraction of sp³-hybridized carbons (Fsp3) is 0.575. The van der Waals surface area contributed by atoms with Crippen LogP contribution in [-0.2, 0) is 42.6 Å². The second kappa shape index (κ2) is 17.5. The third-order valence-electron chi connectivity index (χ3n) is 10.7. The van der Waals surface area contributed by atoms with Gasteiger partial charge in [-0.15, -0.1) is 0 Å². The largest absolute Gasteiger partial charge is 0.463 e. The lowest BCUT2D eigenvalue weighted by atomic mass is 9.70. The number of fused-ring (bicyclic) bond motifs is 3. The number of esters is 3. The monoisotopic (exact) mass is 737 g/mol. The van der Waals surface area contributed by atoms with Crippen molar-refractivity contribution in [3.8, 4) is 16.9 Å². The summed E-state index contributed by atoms with van der Waals surface area (Å²) in [5.41, 5.74) is 1.71. The smallest absolute Gasteiger partial charge is 0.311 e. The molecule has 2 aromatic carbocycles. The van der Waals surface area contributed by atoms with Crippen LogP contribution in [0, 0.1) is 29.6 Å². The first-order valence-electron chi connectivity index (χ1n) is 18.8. The summed E-state index contributed by atoms with van der Waals surface area (Å²) in [6.45, 7) is 8.88. The summed E-state index contributed by atoms with van der Waals surface area (Å²) in [5, 5.41) is 3.95. The zero-order valence-corrected chi connectivity index (χ0v) is 31.3. The van der Waals surface area contributed by atoms with Gasteiger partial charge in [0.15, 0.2) is 0 Å². The van der Waals surface area contributed by atoms with E-state index in [1.54, 1.807) is 12.1 Å². The van der Waals surface area contributed by atoms with Crippen LogP contribution in [0.5, 0.6) is 5.75 Å². The zero-order valence-electron chi connectivity index (χ0n) is 30.4. The van der Waals surface area contributed by atoms with E-state index in [4.69, 9.17) is 28.2 Å². The molecule has 4 aliphatic rings. The van der Waals surface area contributed by atoms with Gasteiger partial charge < -0.3 is 33.5 Å². The van der Waals surface area contributed by atoms with Crippen LogP contribution < -0.4 is 15.1 Å². The van der Waals surface area contributed by atoms with Crippen molar-refractivity contribution in [2.45, 2.75) is 77.8 Å². The van der Waals surface area contributed by atoms with E-state index in [2.05, 4.69) is 5.32 Å². The van der Waals surface area contributed by atoms with Crippen molar-refractivity contribution < 1.29 is 47.2 Å². The lowest BCUT2D eigenvalue weighted by Gasteiger charge is -2.40. The molecule has 0 bridgehead atoms. The minimum atomic E-state index is -3.44. The molecule has 282 valence electrons. The Bertz CT molecular complexity index is 1640. The van der Waals surface area contributed by atoms with Crippen molar-refractivity contribution in [3.05, 3.63) is 60.7 Å². The van der Waals surface area contributed by atoms with Crippen molar-refractivity contribution in [1.82, 2.24) is 5.32 Å². The Morgan fingerprint density at radius 3 is 2.50 bits per heavy atom. The second-order valence-corrected chi connectivity index (χ2v) is 16.9. The van der Waals surface area contributed by atoms with Gasteiger partial charge in [-0.05, 0) is 68.3 Å². The van der Waals surface area contributed by atoms with Crippen LogP contribution in [0.15, 0.2) is 60.7 Å². The number of para-hydroxylation sites is 1. The lowest BCUT2D eigenvalue weighted by molar-refractivity contribution is -0.224. The maximum absolute atomic E-state index is 14.4. The molecular formula is C40H52NO10P. The van der Waals surface area contributed by atoms with Crippen LogP contribution in [0.4, 0.5) is 0 Å². The van der Waals surface area contributed by atoms with Gasteiger partial charge >= 0.3 is 17.9 Å². The summed E-state index contributed by atoms with van der Waals surface area (Å²) in [7, 11) is -3.44. The molecule has 0 spiro atoms. The highest BCUT2D eigenvalue weighted by atomic mass is 31.2. The summed E-state index contributed by atoms with van der Waals surface area (Å²) < 4.78 is 48.6. The normalized spacial score (nSPS) is 28.7. The van der Waals surface area contributed by atoms with Gasteiger partial charge in [0.25, 0.3) is 7.37 Å². The minimum absolute atomic E-state index is 0.000348. The first-order valence-corrected chi connectivity index (χ1v) is 20.6. The first kappa shape index (κ1) is 38.2. The van der Waals surface area contributed by atoms with E-state index in [-0.39, 0.29) is 60.9 Å². The molecule has 1 saturated carbocycles. The number of carbonyl (C=O) groups is 3. The van der Waals surface area contributed by atoms with Gasteiger partial charge in [0, 0.05) is 24.1 Å². The fourth-order valence-corrected chi connectivity index (χ4v) is 9.50. The van der Waals surface area contributed by atoms with Crippen molar-refractivity contribution in [2.75, 3.05) is 39.1 Å². The molecule has 1 aliphatic carbocycles. The molecule has 1 N–H and O–H groups in total. The van der Waals surface area contributed by atoms with Crippen molar-refractivity contribution >= 4 is 30.6 Å². The quantitative estimate of drug-likeness (QED) is 0.0508. The highest BCUT2D eigenvalue weighted by molar-refractivity contribution is 7.67. The maximum atomic E-state index is 14.4. The van der Waals surface area contributed by atoms with Crippen molar-refractivity contribution in [1.29, 1.82) is 0 Å². The number of carbonyl (C=O) groups excluding carboxylic acids is 3. The summed E-state index contributed by atoms with van der Waals surface area (Å²) >= 11 is 0. The maximum Gasteiger partial charge on any atom is 0.311 e. The van der Waals surface area contributed by atoms with E-state index in [0.29, 0.717) is 50.0 Å². The van der Waals surface area contributed by atoms with Crippen molar-refractivity contribution in [2.24, 2.45) is 29.6 Å². The SMILES string of the molecule is CCNCCCC1C(OC(=O)CCP2(=O)Oc3ccccc3-c3ccccc32)CC(C=CC(C)C(C)C(=O)OCC2CO2)CC1C(=O)OC1CCO1. The first-order chi connectivity index (χ1) is 25.1. The summed E-state index contributed by atoms with van der Waals surface area (Å²) in [6.07, 6.45) is 5.91. The van der Waals surface area contributed by atoms with Gasteiger partial charge in [0.05, 0.1) is 36.8 Å². The number of nitrogens with one attached hydrogen (secondary N) is 1. The summed E-state index contributed by atoms with van der Waals surface area (Å²) in [5.74, 6) is -1.98. The average molecular weight is 738 g/mol. The van der Waals surface area contributed by atoms with Crippen LogP contribution in [0.1, 0.15) is 59.3 Å². The molecule has 12 heteroatoms. The topological polar surface area (TPSA) is 139 Å². The Morgan fingerprint density at radius 1 is 1.02 bits per heavy atom. The Morgan fingerprint density at radius 2 is 1.77 bits per heavy atom. The van der Waals surface area contributed by atoms with Gasteiger partial charge in [-0.1, -0.05) is 69.3 Å². The number of hydrogen-bond donors (Lipinski definition) is 1. The Kier molecular flexibility index (Phi) is 12.9. The van der Waals surface area contributed by atoms with Crippen LogP contribution in [-0.4, -0.2) is 75.5 Å². The molecule has 9 unspecified atom stereocenters. The molecule has 52 heavy (non-hydrogen) atoms. The van der Waals surface area contributed by atoms with E-state index in [1.807, 2.05) is 69.3 Å². The van der Waals surface area contributed by atoms with Gasteiger partial charge in [0.1, 0.15) is 24.6 Å². The number of allylic oxidation sites excluding steroid dienone is 2. The highest BCUT2D eigenvalue weighted by Crippen LogP contribution is 2.55. The van der Waals surface area contributed by atoms with Crippen LogP contribution in [0.2, 0.25) is 0 Å². The van der Waals surface area contributed by atoms with Crippen LogP contribution >= 0.6 is 7.37 Å². The molecule has 6 rings (SSSR count). The molecule has 3 fully saturated rings. The minimum Gasteiger partial charge on any atom is -0.463 e.